The molecule has 0 heterocycles. The zero-order chi connectivity index (χ0) is 16.8. The molecule has 0 unspecified atom stereocenters. The summed E-state index contributed by atoms with van der Waals surface area (Å²) in [7, 11) is 4.13. The molecule has 0 fully saturated rings. The molecule has 23 heavy (non-hydrogen) atoms. The predicted octanol–water partition coefficient (Wildman–Crippen LogP) is 3.95. The van der Waals surface area contributed by atoms with Crippen molar-refractivity contribution in [3.8, 4) is 0 Å². The molecule has 0 aliphatic rings. The molecule has 1 N–H and O–H groups in total. The number of nitrogens with zero attached hydrogens (tertiary/aromatic N) is 2. The second kappa shape index (κ2) is 12.4. The van der Waals surface area contributed by atoms with E-state index in [2.05, 4.69) is 52.6 Å². The van der Waals surface area contributed by atoms with Crippen LogP contribution in [0.4, 0.5) is 5.69 Å². The lowest BCUT2D eigenvalue weighted by molar-refractivity contribution is 0.713. The number of hydrogen-bond donors (Lipinski definition) is 1. The number of allylic oxidation sites excluding steroid dienone is 5. The summed E-state index contributed by atoms with van der Waals surface area (Å²) in [5.41, 5.74) is 2.46. The lowest BCUT2D eigenvalue weighted by atomic mass is 10.2. The van der Waals surface area contributed by atoms with E-state index >= 15 is 0 Å². The van der Waals surface area contributed by atoms with Gasteiger partial charge in [-0.3, -0.25) is 4.99 Å². The Bertz CT molecular complexity index is 524. The fourth-order valence-corrected chi connectivity index (χ4v) is 2.04. The summed E-state index contributed by atoms with van der Waals surface area (Å²) in [6.45, 7) is 4.96. The van der Waals surface area contributed by atoms with Gasteiger partial charge in [0.25, 0.3) is 0 Å². The Kier molecular flexibility index (Phi) is 10.2. The summed E-state index contributed by atoms with van der Waals surface area (Å²) < 4.78 is 0. The minimum Gasteiger partial charge on any atom is -0.375 e. The van der Waals surface area contributed by atoms with Gasteiger partial charge in [-0.25, -0.2) is 0 Å². The standard InChI is InChI=1S/C20H29N3/c1-4-22-17-9-7-5-6-8-11-19-12-14-20(15-13-19)23(3)18-10-16-21-2/h5-9,11-15,17,21H,4,10,16,18H2,1-3H3/b6-5+,9-7-,11-8+,22-17+. The smallest absolute Gasteiger partial charge is 0.0364 e. The van der Waals surface area contributed by atoms with Gasteiger partial charge in [0.1, 0.15) is 0 Å². The van der Waals surface area contributed by atoms with Crippen LogP contribution in [0.3, 0.4) is 0 Å². The molecule has 0 aliphatic heterocycles. The molecule has 0 radical (unpaired) electrons. The highest BCUT2D eigenvalue weighted by Crippen LogP contribution is 2.14. The predicted molar refractivity (Wildman–Crippen MR) is 105 cm³/mol. The van der Waals surface area contributed by atoms with Crippen LogP contribution in [0.15, 0.2) is 59.6 Å². The number of hydrogen-bond acceptors (Lipinski definition) is 3. The van der Waals surface area contributed by atoms with E-state index in [0.717, 1.165) is 26.1 Å². The van der Waals surface area contributed by atoms with Crippen LogP contribution < -0.4 is 10.2 Å². The Labute approximate surface area is 141 Å². The Morgan fingerprint density at radius 2 is 1.74 bits per heavy atom. The van der Waals surface area contributed by atoms with E-state index in [1.54, 1.807) is 0 Å². The fourth-order valence-electron chi connectivity index (χ4n) is 2.04. The number of benzene rings is 1. The first-order valence-corrected chi connectivity index (χ1v) is 8.23. The molecule has 0 saturated heterocycles. The molecular formula is C20H29N3. The summed E-state index contributed by atoms with van der Waals surface area (Å²) >= 11 is 0. The quantitative estimate of drug-likeness (QED) is 0.402. The van der Waals surface area contributed by atoms with Crippen molar-refractivity contribution in [2.24, 2.45) is 4.99 Å². The maximum absolute atomic E-state index is 4.11. The van der Waals surface area contributed by atoms with E-state index in [9.17, 15) is 0 Å². The third kappa shape index (κ3) is 8.79. The molecule has 1 aromatic rings. The highest BCUT2D eigenvalue weighted by atomic mass is 15.1. The molecule has 0 atom stereocenters. The summed E-state index contributed by atoms with van der Waals surface area (Å²) in [5.74, 6) is 0. The maximum atomic E-state index is 4.11. The Morgan fingerprint density at radius 3 is 2.43 bits per heavy atom. The van der Waals surface area contributed by atoms with Gasteiger partial charge in [0.2, 0.25) is 0 Å². The van der Waals surface area contributed by atoms with Gasteiger partial charge in [-0.1, -0.05) is 42.5 Å². The molecular weight excluding hydrogens is 282 g/mol. The van der Waals surface area contributed by atoms with Gasteiger partial charge in [0, 0.05) is 32.0 Å². The van der Waals surface area contributed by atoms with E-state index in [1.165, 1.54) is 11.3 Å². The number of aliphatic imine (C=N–C) groups is 1. The Morgan fingerprint density at radius 1 is 1.04 bits per heavy atom. The van der Waals surface area contributed by atoms with Crippen molar-refractivity contribution in [2.45, 2.75) is 13.3 Å². The van der Waals surface area contributed by atoms with Crippen LogP contribution in [-0.4, -0.2) is 39.9 Å². The summed E-state index contributed by atoms with van der Waals surface area (Å²) in [6, 6.07) is 8.64. The number of rotatable bonds is 10. The fraction of sp³-hybridized carbons (Fsp3) is 0.350. The topological polar surface area (TPSA) is 27.6 Å². The molecule has 0 aliphatic carbocycles. The van der Waals surface area contributed by atoms with Gasteiger partial charge in [-0.05, 0) is 50.7 Å². The first-order chi connectivity index (χ1) is 11.3. The van der Waals surface area contributed by atoms with Gasteiger partial charge in [-0.2, -0.15) is 0 Å². The molecule has 1 rings (SSSR count). The normalized spacial score (nSPS) is 12.3. The second-order valence-corrected chi connectivity index (χ2v) is 5.25. The average molecular weight is 311 g/mol. The van der Waals surface area contributed by atoms with Crippen LogP contribution in [0.1, 0.15) is 18.9 Å². The molecule has 0 amide bonds. The molecule has 3 heteroatoms. The van der Waals surface area contributed by atoms with Crippen molar-refractivity contribution in [1.29, 1.82) is 0 Å². The molecule has 1 aromatic carbocycles. The number of anilines is 1. The van der Waals surface area contributed by atoms with E-state index in [0.29, 0.717) is 0 Å². The minimum atomic E-state index is 0.828. The van der Waals surface area contributed by atoms with E-state index in [1.807, 2.05) is 50.6 Å². The Hall–Kier alpha value is -2.13. The van der Waals surface area contributed by atoms with Crippen molar-refractivity contribution in [2.75, 3.05) is 38.6 Å². The molecule has 0 aromatic heterocycles. The molecule has 124 valence electrons. The van der Waals surface area contributed by atoms with Crippen LogP contribution in [0.5, 0.6) is 0 Å². The molecule has 0 spiro atoms. The zero-order valence-electron chi connectivity index (χ0n) is 14.6. The van der Waals surface area contributed by atoms with Crippen LogP contribution in [-0.2, 0) is 0 Å². The van der Waals surface area contributed by atoms with Crippen LogP contribution in [0, 0.1) is 0 Å². The lowest BCUT2D eigenvalue weighted by Crippen LogP contribution is -2.22. The lowest BCUT2D eigenvalue weighted by Gasteiger charge is -2.19. The van der Waals surface area contributed by atoms with Crippen LogP contribution >= 0.6 is 0 Å². The van der Waals surface area contributed by atoms with Crippen LogP contribution in [0.2, 0.25) is 0 Å². The first kappa shape index (κ1) is 18.9. The second-order valence-electron chi connectivity index (χ2n) is 5.25. The highest BCUT2D eigenvalue weighted by Gasteiger charge is 1.99. The molecule has 0 saturated carbocycles. The Balaban J connectivity index is 2.44. The van der Waals surface area contributed by atoms with Gasteiger partial charge < -0.3 is 10.2 Å². The molecule has 3 nitrogen and oxygen atoms in total. The van der Waals surface area contributed by atoms with Crippen molar-refractivity contribution in [3.05, 3.63) is 60.2 Å². The maximum Gasteiger partial charge on any atom is 0.0364 e. The summed E-state index contributed by atoms with van der Waals surface area (Å²) in [4.78, 5) is 6.40. The van der Waals surface area contributed by atoms with Crippen molar-refractivity contribution in [1.82, 2.24) is 5.32 Å². The van der Waals surface area contributed by atoms with E-state index in [4.69, 9.17) is 0 Å². The minimum absolute atomic E-state index is 0.828. The highest BCUT2D eigenvalue weighted by molar-refractivity contribution is 5.71. The molecule has 0 bridgehead atoms. The van der Waals surface area contributed by atoms with Gasteiger partial charge >= 0.3 is 0 Å². The van der Waals surface area contributed by atoms with Crippen molar-refractivity contribution in [3.63, 3.8) is 0 Å². The third-order valence-electron chi connectivity index (χ3n) is 3.36. The largest absolute Gasteiger partial charge is 0.375 e. The van der Waals surface area contributed by atoms with Gasteiger partial charge in [-0.15, -0.1) is 0 Å². The van der Waals surface area contributed by atoms with E-state index < -0.39 is 0 Å². The summed E-state index contributed by atoms with van der Waals surface area (Å²) in [6.07, 6.45) is 15.1. The van der Waals surface area contributed by atoms with Gasteiger partial charge in [0.05, 0.1) is 0 Å². The zero-order valence-corrected chi connectivity index (χ0v) is 14.6. The van der Waals surface area contributed by atoms with Crippen molar-refractivity contribution < 1.29 is 0 Å². The van der Waals surface area contributed by atoms with Gasteiger partial charge in [0.15, 0.2) is 0 Å². The first-order valence-electron chi connectivity index (χ1n) is 8.23. The van der Waals surface area contributed by atoms with Crippen molar-refractivity contribution >= 4 is 18.0 Å². The average Bonchev–Trinajstić information content (AvgIpc) is 2.58. The monoisotopic (exact) mass is 311 g/mol. The van der Waals surface area contributed by atoms with E-state index in [-0.39, 0.29) is 0 Å². The third-order valence-corrected chi connectivity index (χ3v) is 3.36. The number of nitrogens with one attached hydrogen (secondary N) is 1. The van der Waals surface area contributed by atoms with Crippen LogP contribution in [0.25, 0.3) is 6.08 Å². The SMILES string of the molecule is CC/N=C/C=C\C=C\C=C\c1ccc(N(C)CCCNC)cc1. The summed E-state index contributed by atoms with van der Waals surface area (Å²) in [5, 5.41) is 3.18.